The Kier molecular flexibility index (Phi) is 4.14. The fourth-order valence-electron chi connectivity index (χ4n) is 2.12. The molecular formula is C14H15BrN4S. The Balaban J connectivity index is 1.60. The third-order valence-corrected chi connectivity index (χ3v) is 5.01. The van der Waals surface area contributed by atoms with Gasteiger partial charge in [0, 0.05) is 30.1 Å². The number of fused-ring (bicyclic) bond motifs is 1. The summed E-state index contributed by atoms with van der Waals surface area (Å²) < 4.78 is 3.21. The molecule has 3 heterocycles. The Morgan fingerprint density at radius 1 is 1.30 bits per heavy atom. The molecule has 0 saturated carbocycles. The Hall–Kier alpha value is -1.24. The summed E-state index contributed by atoms with van der Waals surface area (Å²) in [7, 11) is 0. The molecular weight excluding hydrogens is 336 g/mol. The zero-order valence-electron chi connectivity index (χ0n) is 11.1. The van der Waals surface area contributed by atoms with Gasteiger partial charge in [-0.2, -0.15) is 0 Å². The Morgan fingerprint density at radius 3 is 3.00 bits per heavy atom. The van der Waals surface area contributed by atoms with Gasteiger partial charge < -0.3 is 5.32 Å². The van der Waals surface area contributed by atoms with Gasteiger partial charge in [-0.1, -0.05) is 6.07 Å². The van der Waals surface area contributed by atoms with Crippen molar-refractivity contribution in [1.82, 2.24) is 19.9 Å². The largest absolute Gasteiger partial charge is 0.309 e. The van der Waals surface area contributed by atoms with Gasteiger partial charge in [-0.3, -0.25) is 4.40 Å². The highest BCUT2D eigenvalue weighted by atomic mass is 79.9. The molecule has 1 unspecified atom stereocenters. The third kappa shape index (κ3) is 2.92. The minimum atomic E-state index is 0.352. The second-order valence-electron chi connectivity index (χ2n) is 4.61. The lowest BCUT2D eigenvalue weighted by Gasteiger charge is -2.11. The van der Waals surface area contributed by atoms with E-state index in [9.17, 15) is 0 Å². The van der Waals surface area contributed by atoms with Crippen molar-refractivity contribution in [1.29, 1.82) is 0 Å². The predicted molar refractivity (Wildman–Crippen MR) is 85.1 cm³/mol. The van der Waals surface area contributed by atoms with E-state index in [1.54, 1.807) is 11.3 Å². The van der Waals surface area contributed by atoms with Crippen LogP contribution in [0.4, 0.5) is 0 Å². The third-order valence-electron chi connectivity index (χ3n) is 3.20. The number of hydrogen-bond acceptors (Lipinski definition) is 4. The molecule has 0 bridgehead atoms. The average Bonchev–Trinajstić information content (AvgIpc) is 3.06. The summed E-state index contributed by atoms with van der Waals surface area (Å²) in [5, 5.41) is 11.9. The van der Waals surface area contributed by atoms with Crippen LogP contribution >= 0.6 is 27.3 Å². The molecule has 0 aliphatic rings. The van der Waals surface area contributed by atoms with Crippen molar-refractivity contribution in [2.75, 3.05) is 6.54 Å². The van der Waals surface area contributed by atoms with Crippen molar-refractivity contribution in [3.05, 3.63) is 51.0 Å². The van der Waals surface area contributed by atoms with Gasteiger partial charge in [-0.05, 0) is 47.1 Å². The molecule has 104 valence electrons. The van der Waals surface area contributed by atoms with E-state index >= 15 is 0 Å². The predicted octanol–water partition coefficient (Wildman–Crippen LogP) is 3.45. The van der Waals surface area contributed by atoms with Crippen LogP contribution in [0.5, 0.6) is 0 Å². The van der Waals surface area contributed by atoms with Gasteiger partial charge in [0.05, 0.1) is 3.79 Å². The van der Waals surface area contributed by atoms with Crippen LogP contribution < -0.4 is 5.32 Å². The molecule has 20 heavy (non-hydrogen) atoms. The summed E-state index contributed by atoms with van der Waals surface area (Å²) in [6, 6.07) is 10.5. The normalized spacial score (nSPS) is 12.9. The second kappa shape index (κ2) is 6.03. The minimum Gasteiger partial charge on any atom is -0.309 e. The van der Waals surface area contributed by atoms with E-state index in [2.05, 4.69) is 50.5 Å². The van der Waals surface area contributed by atoms with E-state index in [4.69, 9.17) is 0 Å². The standard InChI is InChI=1S/C14H15BrN4S/c1-10(11-5-6-12(15)20-11)16-8-7-14-18-17-13-4-2-3-9-19(13)14/h2-6,9-10,16H,7-8H2,1H3. The lowest BCUT2D eigenvalue weighted by atomic mass is 10.2. The maximum absolute atomic E-state index is 4.24. The van der Waals surface area contributed by atoms with Crippen molar-refractivity contribution >= 4 is 32.9 Å². The molecule has 6 heteroatoms. The van der Waals surface area contributed by atoms with Gasteiger partial charge in [-0.25, -0.2) is 0 Å². The number of rotatable bonds is 5. The average molecular weight is 351 g/mol. The van der Waals surface area contributed by atoms with Crippen LogP contribution in [0.1, 0.15) is 23.7 Å². The van der Waals surface area contributed by atoms with E-state index in [-0.39, 0.29) is 0 Å². The number of halogens is 1. The first-order valence-electron chi connectivity index (χ1n) is 6.51. The van der Waals surface area contributed by atoms with Gasteiger partial charge in [0.25, 0.3) is 0 Å². The van der Waals surface area contributed by atoms with Gasteiger partial charge in [0.15, 0.2) is 5.65 Å². The summed E-state index contributed by atoms with van der Waals surface area (Å²) >= 11 is 5.26. The molecule has 0 radical (unpaired) electrons. The van der Waals surface area contributed by atoms with Gasteiger partial charge >= 0.3 is 0 Å². The monoisotopic (exact) mass is 350 g/mol. The van der Waals surface area contributed by atoms with Crippen molar-refractivity contribution in [3.8, 4) is 0 Å². The second-order valence-corrected chi connectivity index (χ2v) is 7.11. The van der Waals surface area contributed by atoms with Crippen LogP contribution in [-0.4, -0.2) is 21.1 Å². The quantitative estimate of drug-likeness (QED) is 0.766. The van der Waals surface area contributed by atoms with E-state index in [1.165, 1.54) is 8.66 Å². The summed E-state index contributed by atoms with van der Waals surface area (Å²) in [6.45, 7) is 3.06. The molecule has 0 aliphatic heterocycles. The number of thiophene rings is 1. The molecule has 1 atom stereocenters. The van der Waals surface area contributed by atoms with Gasteiger partial charge in [-0.15, -0.1) is 21.5 Å². The number of nitrogens with zero attached hydrogens (tertiary/aromatic N) is 3. The fraction of sp³-hybridized carbons (Fsp3) is 0.286. The van der Waals surface area contributed by atoms with E-state index in [0.29, 0.717) is 6.04 Å². The van der Waals surface area contributed by atoms with Crippen LogP contribution in [0.3, 0.4) is 0 Å². The minimum absolute atomic E-state index is 0.352. The van der Waals surface area contributed by atoms with Crippen LogP contribution in [0, 0.1) is 0 Å². The van der Waals surface area contributed by atoms with Crippen molar-refractivity contribution < 1.29 is 0 Å². The molecule has 0 fully saturated rings. The van der Waals surface area contributed by atoms with Crippen LogP contribution in [-0.2, 0) is 6.42 Å². The molecule has 0 aliphatic carbocycles. The molecule has 3 rings (SSSR count). The maximum Gasteiger partial charge on any atom is 0.160 e. The highest BCUT2D eigenvalue weighted by Gasteiger charge is 2.09. The number of pyridine rings is 1. The topological polar surface area (TPSA) is 42.2 Å². The molecule has 0 saturated heterocycles. The highest BCUT2D eigenvalue weighted by Crippen LogP contribution is 2.26. The highest BCUT2D eigenvalue weighted by molar-refractivity contribution is 9.11. The molecule has 3 aromatic heterocycles. The summed E-state index contributed by atoms with van der Waals surface area (Å²) in [4.78, 5) is 1.34. The first-order chi connectivity index (χ1) is 9.74. The lowest BCUT2D eigenvalue weighted by Crippen LogP contribution is -2.21. The van der Waals surface area contributed by atoms with Crippen LogP contribution in [0.2, 0.25) is 0 Å². The first-order valence-corrected chi connectivity index (χ1v) is 8.12. The van der Waals surface area contributed by atoms with Crippen LogP contribution in [0.25, 0.3) is 5.65 Å². The first kappa shape index (κ1) is 13.7. The molecule has 3 aromatic rings. The number of aromatic nitrogens is 3. The molecule has 0 spiro atoms. The summed E-state index contributed by atoms with van der Waals surface area (Å²) in [5.74, 6) is 0.993. The Morgan fingerprint density at radius 2 is 2.20 bits per heavy atom. The Bertz CT molecular complexity index is 706. The fourth-order valence-corrected chi connectivity index (χ4v) is 3.57. The smallest absolute Gasteiger partial charge is 0.160 e. The van der Waals surface area contributed by atoms with Crippen LogP contribution in [0.15, 0.2) is 40.3 Å². The number of nitrogens with one attached hydrogen (secondary N) is 1. The van der Waals surface area contributed by atoms with Gasteiger partial charge in [0.1, 0.15) is 5.82 Å². The Labute approximate surface area is 130 Å². The zero-order chi connectivity index (χ0) is 13.9. The van der Waals surface area contributed by atoms with E-state index in [1.807, 2.05) is 28.8 Å². The van der Waals surface area contributed by atoms with Gasteiger partial charge in [0.2, 0.25) is 0 Å². The zero-order valence-corrected chi connectivity index (χ0v) is 13.5. The maximum atomic E-state index is 4.24. The SMILES string of the molecule is CC(NCCc1nnc2ccccn12)c1ccc(Br)s1. The summed E-state index contributed by atoms with van der Waals surface area (Å²) in [5.41, 5.74) is 0.901. The van der Waals surface area contributed by atoms with Crippen molar-refractivity contribution in [3.63, 3.8) is 0 Å². The molecule has 0 aromatic carbocycles. The van der Waals surface area contributed by atoms with E-state index in [0.717, 1.165) is 24.4 Å². The van der Waals surface area contributed by atoms with Crippen molar-refractivity contribution in [2.45, 2.75) is 19.4 Å². The molecule has 0 amide bonds. The van der Waals surface area contributed by atoms with Crippen molar-refractivity contribution in [2.24, 2.45) is 0 Å². The summed E-state index contributed by atoms with van der Waals surface area (Å²) in [6.07, 6.45) is 2.87. The lowest BCUT2D eigenvalue weighted by molar-refractivity contribution is 0.576. The molecule has 1 N–H and O–H groups in total. The molecule has 4 nitrogen and oxygen atoms in total. The number of hydrogen-bond donors (Lipinski definition) is 1. The van der Waals surface area contributed by atoms with E-state index < -0.39 is 0 Å².